The topological polar surface area (TPSA) is 66.3 Å². The molecule has 1 N–H and O–H groups in total. The standard InChI is InChI=1S/C16H21BrN6O/c1-21-5-7-23(8-6-21)14-4-3-12(10-19-14)9-18-13-11-20-22(2)16(24)15(13)17/h3-4,10-11,18H,5-9H2,1-2H3. The van der Waals surface area contributed by atoms with Crippen molar-refractivity contribution in [2.24, 2.45) is 7.05 Å². The third-order valence-corrected chi connectivity index (χ3v) is 4.96. The van der Waals surface area contributed by atoms with E-state index in [9.17, 15) is 4.79 Å². The summed E-state index contributed by atoms with van der Waals surface area (Å²) >= 11 is 3.31. The Balaban J connectivity index is 1.63. The molecular formula is C16H21BrN6O. The second kappa shape index (κ2) is 7.31. The normalized spacial score (nSPS) is 15.5. The fourth-order valence-electron chi connectivity index (χ4n) is 2.58. The van der Waals surface area contributed by atoms with Gasteiger partial charge >= 0.3 is 0 Å². The SMILES string of the molecule is CN1CCN(c2ccc(CNc3cnn(C)c(=O)c3Br)cn2)CC1. The molecule has 1 saturated heterocycles. The third kappa shape index (κ3) is 3.76. The molecule has 1 fully saturated rings. The lowest BCUT2D eigenvalue weighted by molar-refractivity contribution is 0.312. The average molecular weight is 393 g/mol. The number of aromatic nitrogens is 3. The third-order valence-electron chi connectivity index (χ3n) is 4.20. The first-order valence-corrected chi connectivity index (χ1v) is 8.68. The lowest BCUT2D eigenvalue weighted by atomic mass is 10.2. The molecule has 0 saturated carbocycles. The number of hydrogen-bond donors (Lipinski definition) is 1. The van der Waals surface area contributed by atoms with Gasteiger partial charge < -0.3 is 15.1 Å². The van der Waals surface area contributed by atoms with E-state index in [1.165, 1.54) is 4.68 Å². The van der Waals surface area contributed by atoms with Crippen molar-refractivity contribution in [3.63, 3.8) is 0 Å². The summed E-state index contributed by atoms with van der Waals surface area (Å²) < 4.78 is 1.78. The van der Waals surface area contributed by atoms with Gasteiger partial charge in [0.05, 0.1) is 11.9 Å². The zero-order valence-corrected chi connectivity index (χ0v) is 15.5. The molecule has 24 heavy (non-hydrogen) atoms. The van der Waals surface area contributed by atoms with Gasteiger partial charge in [-0.2, -0.15) is 5.10 Å². The minimum atomic E-state index is -0.163. The largest absolute Gasteiger partial charge is 0.379 e. The van der Waals surface area contributed by atoms with Crippen molar-refractivity contribution < 1.29 is 0 Å². The monoisotopic (exact) mass is 392 g/mol. The summed E-state index contributed by atoms with van der Waals surface area (Å²) in [5, 5.41) is 7.24. The number of halogens is 1. The molecule has 0 radical (unpaired) electrons. The Kier molecular flexibility index (Phi) is 5.15. The highest BCUT2D eigenvalue weighted by Crippen LogP contribution is 2.18. The lowest BCUT2D eigenvalue weighted by Gasteiger charge is -2.33. The van der Waals surface area contributed by atoms with E-state index in [2.05, 4.69) is 60.3 Å². The Bertz CT molecular complexity index is 752. The van der Waals surface area contributed by atoms with Crippen LogP contribution in [0, 0.1) is 0 Å². The summed E-state index contributed by atoms with van der Waals surface area (Å²) in [5.74, 6) is 1.02. The lowest BCUT2D eigenvalue weighted by Crippen LogP contribution is -2.44. The fourth-order valence-corrected chi connectivity index (χ4v) is 3.07. The second-order valence-corrected chi connectivity index (χ2v) is 6.76. The molecule has 0 atom stereocenters. The van der Waals surface area contributed by atoms with Crippen molar-refractivity contribution in [2.75, 3.05) is 43.4 Å². The molecule has 2 aromatic heterocycles. The zero-order valence-electron chi connectivity index (χ0n) is 13.9. The highest BCUT2D eigenvalue weighted by Gasteiger charge is 2.15. The molecule has 3 rings (SSSR count). The number of hydrogen-bond acceptors (Lipinski definition) is 6. The van der Waals surface area contributed by atoms with Crippen molar-refractivity contribution in [3.05, 3.63) is 44.9 Å². The van der Waals surface area contributed by atoms with E-state index in [0.717, 1.165) is 37.6 Å². The van der Waals surface area contributed by atoms with Crippen LogP contribution in [0.15, 0.2) is 33.8 Å². The van der Waals surface area contributed by atoms with E-state index in [0.29, 0.717) is 16.7 Å². The maximum Gasteiger partial charge on any atom is 0.282 e. The Morgan fingerprint density at radius 3 is 2.58 bits per heavy atom. The molecule has 0 amide bonds. The minimum absolute atomic E-state index is 0.163. The van der Waals surface area contributed by atoms with E-state index in [-0.39, 0.29) is 5.56 Å². The van der Waals surface area contributed by atoms with Gasteiger partial charge in [0.2, 0.25) is 0 Å². The number of rotatable bonds is 4. The van der Waals surface area contributed by atoms with Gasteiger partial charge in [0.15, 0.2) is 0 Å². The van der Waals surface area contributed by atoms with Crippen LogP contribution in [0.1, 0.15) is 5.56 Å². The van der Waals surface area contributed by atoms with Gasteiger partial charge in [-0.15, -0.1) is 0 Å². The molecule has 0 spiro atoms. The van der Waals surface area contributed by atoms with E-state index >= 15 is 0 Å². The van der Waals surface area contributed by atoms with Crippen molar-refractivity contribution in [2.45, 2.75) is 6.54 Å². The molecule has 0 aromatic carbocycles. The van der Waals surface area contributed by atoms with Crippen molar-refractivity contribution >= 4 is 27.4 Å². The number of anilines is 2. The summed E-state index contributed by atoms with van der Waals surface area (Å²) in [6.45, 7) is 4.73. The van der Waals surface area contributed by atoms with Crippen molar-refractivity contribution in [3.8, 4) is 0 Å². The summed E-state index contributed by atoms with van der Waals surface area (Å²) in [6, 6.07) is 4.12. The molecule has 0 aliphatic carbocycles. The van der Waals surface area contributed by atoms with Crippen LogP contribution < -0.4 is 15.8 Å². The van der Waals surface area contributed by atoms with Crippen molar-refractivity contribution in [1.82, 2.24) is 19.7 Å². The summed E-state index contributed by atoms with van der Waals surface area (Å²) in [6.07, 6.45) is 3.51. The molecule has 7 nitrogen and oxygen atoms in total. The zero-order chi connectivity index (χ0) is 17.1. The number of aryl methyl sites for hydroxylation is 1. The molecule has 2 aromatic rings. The fraction of sp³-hybridized carbons (Fsp3) is 0.438. The van der Waals surface area contributed by atoms with Crippen LogP contribution in [-0.4, -0.2) is 52.9 Å². The van der Waals surface area contributed by atoms with Gasteiger partial charge in [0.25, 0.3) is 5.56 Å². The van der Waals surface area contributed by atoms with Crippen molar-refractivity contribution in [1.29, 1.82) is 0 Å². The number of piperazine rings is 1. The molecular weight excluding hydrogens is 372 g/mol. The Morgan fingerprint density at radius 2 is 1.92 bits per heavy atom. The van der Waals surface area contributed by atoms with Gasteiger partial charge in [0, 0.05) is 46.0 Å². The van der Waals surface area contributed by atoms with Crippen LogP contribution in [0.4, 0.5) is 11.5 Å². The maximum atomic E-state index is 11.8. The first-order chi connectivity index (χ1) is 11.5. The smallest absolute Gasteiger partial charge is 0.282 e. The first kappa shape index (κ1) is 16.9. The van der Waals surface area contributed by atoms with Crippen LogP contribution in [0.5, 0.6) is 0 Å². The predicted octanol–water partition coefficient (Wildman–Crippen LogP) is 1.30. The number of pyridine rings is 1. The second-order valence-electron chi connectivity index (χ2n) is 5.97. The predicted molar refractivity (Wildman–Crippen MR) is 98.5 cm³/mol. The van der Waals surface area contributed by atoms with Gasteiger partial charge in [0.1, 0.15) is 10.3 Å². The van der Waals surface area contributed by atoms with E-state index in [1.54, 1.807) is 13.2 Å². The van der Waals surface area contributed by atoms with Crippen LogP contribution in [-0.2, 0) is 13.6 Å². The molecule has 3 heterocycles. The molecule has 0 bridgehead atoms. The molecule has 1 aliphatic heterocycles. The van der Waals surface area contributed by atoms with Gasteiger partial charge in [-0.1, -0.05) is 6.07 Å². The summed E-state index contributed by atoms with van der Waals surface area (Å²) in [7, 11) is 3.77. The Morgan fingerprint density at radius 1 is 1.17 bits per heavy atom. The number of likely N-dealkylation sites (N-methyl/N-ethyl adjacent to an activating group) is 1. The number of nitrogens with one attached hydrogen (secondary N) is 1. The molecule has 128 valence electrons. The van der Waals surface area contributed by atoms with Crippen LogP contribution in [0.25, 0.3) is 0 Å². The quantitative estimate of drug-likeness (QED) is 0.845. The van der Waals surface area contributed by atoms with Crippen LogP contribution in [0.3, 0.4) is 0 Å². The minimum Gasteiger partial charge on any atom is -0.379 e. The highest BCUT2D eigenvalue weighted by atomic mass is 79.9. The molecule has 8 heteroatoms. The van der Waals surface area contributed by atoms with Gasteiger partial charge in [-0.3, -0.25) is 4.79 Å². The highest BCUT2D eigenvalue weighted by molar-refractivity contribution is 9.10. The summed E-state index contributed by atoms with van der Waals surface area (Å²) in [5.41, 5.74) is 1.57. The Labute approximate surface area is 149 Å². The molecule has 1 aliphatic rings. The number of nitrogens with zero attached hydrogens (tertiary/aromatic N) is 5. The summed E-state index contributed by atoms with van der Waals surface area (Å²) in [4.78, 5) is 21.0. The van der Waals surface area contributed by atoms with E-state index in [4.69, 9.17) is 0 Å². The van der Waals surface area contributed by atoms with Crippen LogP contribution >= 0.6 is 15.9 Å². The first-order valence-electron chi connectivity index (χ1n) is 7.88. The molecule has 0 unspecified atom stereocenters. The average Bonchev–Trinajstić information content (AvgIpc) is 2.60. The van der Waals surface area contributed by atoms with Gasteiger partial charge in [-0.05, 0) is 34.6 Å². The van der Waals surface area contributed by atoms with E-state index in [1.807, 2.05) is 6.20 Å². The Hall–Kier alpha value is -1.93. The van der Waals surface area contributed by atoms with E-state index < -0.39 is 0 Å². The van der Waals surface area contributed by atoms with Crippen LogP contribution in [0.2, 0.25) is 0 Å². The van der Waals surface area contributed by atoms with Gasteiger partial charge in [-0.25, -0.2) is 9.67 Å². The maximum absolute atomic E-state index is 11.8.